The first-order chi connectivity index (χ1) is 11.5. The Bertz CT molecular complexity index is 828. The summed E-state index contributed by atoms with van der Waals surface area (Å²) < 4.78 is 5.55. The molecule has 0 amide bonds. The number of rotatable bonds is 5. The SMILES string of the molecule is Cc1ccc([C@@H](C)NCc2coc(-c3ccc(Cl)cc3Cl)n2)cc1. The molecule has 0 saturated carbocycles. The molecule has 3 nitrogen and oxygen atoms in total. The van der Waals surface area contributed by atoms with Gasteiger partial charge in [0.1, 0.15) is 6.26 Å². The number of aryl methyl sites for hydroxylation is 1. The standard InChI is InChI=1S/C19H18Cl2N2O/c1-12-3-5-14(6-4-12)13(2)22-10-16-11-24-19(23-16)17-8-7-15(20)9-18(17)21/h3-9,11,13,22H,10H2,1-2H3/t13-/m1/s1. The van der Waals surface area contributed by atoms with Crippen LogP contribution in [0.1, 0.15) is 29.8 Å². The van der Waals surface area contributed by atoms with Crippen molar-refractivity contribution in [3.8, 4) is 11.5 Å². The maximum absolute atomic E-state index is 6.19. The van der Waals surface area contributed by atoms with E-state index in [4.69, 9.17) is 27.6 Å². The van der Waals surface area contributed by atoms with Gasteiger partial charge in [-0.15, -0.1) is 0 Å². The van der Waals surface area contributed by atoms with E-state index >= 15 is 0 Å². The summed E-state index contributed by atoms with van der Waals surface area (Å²) in [6.45, 7) is 4.83. The summed E-state index contributed by atoms with van der Waals surface area (Å²) in [6.07, 6.45) is 1.65. The Morgan fingerprint density at radius 2 is 1.88 bits per heavy atom. The Hall–Kier alpha value is -1.81. The summed E-state index contributed by atoms with van der Waals surface area (Å²) in [5.74, 6) is 0.497. The van der Waals surface area contributed by atoms with Crippen LogP contribution in [0.2, 0.25) is 10.0 Å². The van der Waals surface area contributed by atoms with Gasteiger partial charge in [-0.2, -0.15) is 0 Å². The van der Waals surface area contributed by atoms with Crippen molar-refractivity contribution in [1.82, 2.24) is 10.3 Å². The van der Waals surface area contributed by atoms with Gasteiger partial charge < -0.3 is 9.73 Å². The summed E-state index contributed by atoms with van der Waals surface area (Å²) >= 11 is 12.1. The van der Waals surface area contributed by atoms with Gasteiger partial charge in [0, 0.05) is 17.6 Å². The third-order valence-electron chi connectivity index (χ3n) is 3.88. The molecule has 1 atom stereocenters. The predicted molar refractivity (Wildman–Crippen MR) is 98.4 cm³/mol. The minimum atomic E-state index is 0.227. The average molecular weight is 361 g/mol. The van der Waals surface area contributed by atoms with E-state index in [2.05, 4.69) is 48.4 Å². The first-order valence-electron chi connectivity index (χ1n) is 7.72. The number of benzene rings is 2. The van der Waals surface area contributed by atoms with Crippen LogP contribution in [0.4, 0.5) is 0 Å². The number of hydrogen-bond donors (Lipinski definition) is 1. The van der Waals surface area contributed by atoms with Crippen LogP contribution in [-0.4, -0.2) is 4.98 Å². The maximum Gasteiger partial charge on any atom is 0.227 e. The first-order valence-corrected chi connectivity index (χ1v) is 8.48. The van der Waals surface area contributed by atoms with Crippen molar-refractivity contribution in [2.45, 2.75) is 26.4 Å². The topological polar surface area (TPSA) is 38.1 Å². The van der Waals surface area contributed by atoms with E-state index in [1.807, 2.05) is 6.07 Å². The molecule has 0 saturated heterocycles. The quantitative estimate of drug-likeness (QED) is 0.623. The molecule has 1 aromatic heterocycles. The van der Waals surface area contributed by atoms with Crippen molar-refractivity contribution in [2.24, 2.45) is 0 Å². The van der Waals surface area contributed by atoms with E-state index in [1.54, 1.807) is 18.4 Å². The fraction of sp³-hybridized carbons (Fsp3) is 0.211. The highest BCUT2D eigenvalue weighted by Crippen LogP contribution is 2.29. The van der Waals surface area contributed by atoms with E-state index in [0.29, 0.717) is 22.5 Å². The second-order valence-electron chi connectivity index (χ2n) is 5.78. The largest absolute Gasteiger partial charge is 0.444 e. The molecule has 24 heavy (non-hydrogen) atoms. The third kappa shape index (κ3) is 3.99. The van der Waals surface area contributed by atoms with Crippen LogP contribution < -0.4 is 5.32 Å². The monoisotopic (exact) mass is 360 g/mol. The molecule has 0 fully saturated rings. The number of halogens is 2. The zero-order chi connectivity index (χ0) is 17.1. The predicted octanol–water partition coefficient (Wildman–Crippen LogP) is 5.81. The summed E-state index contributed by atoms with van der Waals surface area (Å²) in [5, 5.41) is 4.56. The molecule has 0 aliphatic rings. The summed E-state index contributed by atoms with van der Waals surface area (Å²) in [5.41, 5.74) is 4.06. The fourth-order valence-corrected chi connectivity index (χ4v) is 2.89. The lowest BCUT2D eigenvalue weighted by atomic mass is 10.1. The van der Waals surface area contributed by atoms with Crippen molar-refractivity contribution in [1.29, 1.82) is 0 Å². The molecule has 3 rings (SSSR count). The van der Waals surface area contributed by atoms with Crippen LogP contribution >= 0.6 is 23.2 Å². The second-order valence-corrected chi connectivity index (χ2v) is 6.63. The molecule has 0 spiro atoms. The van der Waals surface area contributed by atoms with E-state index < -0.39 is 0 Å². The molecule has 0 bridgehead atoms. The summed E-state index contributed by atoms with van der Waals surface area (Å²) in [7, 11) is 0. The van der Waals surface area contributed by atoms with Crippen molar-refractivity contribution < 1.29 is 4.42 Å². The van der Waals surface area contributed by atoms with Crippen molar-refractivity contribution in [3.05, 3.63) is 75.6 Å². The van der Waals surface area contributed by atoms with Crippen molar-refractivity contribution in [2.75, 3.05) is 0 Å². The van der Waals surface area contributed by atoms with Gasteiger partial charge in [-0.25, -0.2) is 4.98 Å². The Morgan fingerprint density at radius 1 is 1.12 bits per heavy atom. The Balaban J connectivity index is 1.67. The van der Waals surface area contributed by atoms with Gasteiger partial charge in [-0.05, 0) is 37.6 Å². The van der Waals surface area contributed by atoms with Crippen LogP contribution in [0.5, 0.6) is 0 Å². The molecule has 2 aromatic carbocycles. The number of nitrogens with one attached hydrogen (secondary N) is 1. The highest BCUT2D eigenvalue weighted by Gasteiger charge is 2.12. The van der Waals surface area contributed by atoms with Gasteiger partial charge in [0.25, 0.3) is 0 Å². The minimum Gasteiger partial charge on any atom is -0.444 e. The molecule has 0 aliphatic heterocycles. The van der Waals surface area contributed by atoms with E-state index in [0.717, 1.165) is 11.3 Å². The Labute approximate surface area is 151 Å². The fourth-order valence-electron chi connectivity index (χ4n) is 2.41. The molecular formula is C19H18Cl2N2O. The first kappa shape index (κ1) is 17.0. The Morgan fingerprint density at radius 3 is 2.58 bits per heavy atom. The molecule has 124 valence electrons. The van der Waals surface area contributed by atoms with Gasteiger partial charge in [0.15, 0.2) is 0 Å². The zero-order valence-electron chi connectivity index (χ0n) is 13.5. The van der Waals surface area contributed by atoms with Crippen LogP contribution in [0.25, 0.3) is 11.5 Å². The van der Waals surface area contributed by atoms with Crippen molar-refractivity contribution in [3.63, 3.8) is 0 Å². The van der Waals surface area contributed by atoms with Gasteiger partial charge in [0.05, 0.1) is 16.3 Å². The molecule has 1 heterocycles. The lowest BCUT2D eigenvalue weighted by molar-refractivity contribution is 0.553. The molecule has 0 unspecified atom stereocenters. The Kier molecular flexibility index (Phi) is 5.24. The van der Waals surface area contributed by atoms with Crippen molar-refractivity contribution >= 4 is 23.2 Å². The number of nitrogens with zero attached hydrogens (tertiary/aromatic N) is 1. The van der Waals surface area contributed by atoms with E-state index in [1.165, 1.54) is 11.1 Å². The van der Waals surface area contributed by atoms with E-state index in [9.17, 15) is 0 Å². The third-order valence-corrected chi connectivity index (χ3v) is 4.43. The lowest BCUT2D eigenvalue weighted by Crippen LogP contribution is -2.18. The number of oxazole rings is 1. The van der Waals surface area contributed by atoms with Gasteiger partial charge in [-0.1, -0.05) is 53.0 Å². The number of aromatic nitrogens is 1. The lowest BCUT2D eigenvalue weighted by Gasteiger charge is -2.13. The molecular weight excluding hydrogens is 343 g/mol. The smallest absolute Gasteiger partial charge is 0.227 e. The zero-order valence-corrected chi connectivity index (χ0v) is 15.0. The molecule has 1 N–H and O–H groups in total. The van der Waals surface area contributed by atoms with E-state index in [-0.39, 0.29) is 6.04 Å². The van der Waals surface area contributed by atoms with Crippen LogP contribution in [-0.2, 0) is 6.54 Å². The minimum absolute atomic E-state index is 0.227. The summed E-state index contributed by atoms with van der Waals surface area (Å²) in [6, 6.07) is 14.0. The average Bonchev–Trinajstić information content (AvgIpc) is 3.02. The van der Waals surface area contributed by atoms with Crippen LogP contribution in [0.3, 0.4) is 0 Å². The van der Waals surface area contributed by atoms with Gasteiger partial charge >= 0.3 is 0 Å². The molecule has 0 aliphatic carbocycles. The second kappa shape index (κ2) is 7.39. The van der Waals surface area contributed by atoms with Gasteiger partial charge in [-0.3, -0.25) is 0 Å². The molecule has 0 radical (unpaired) electrons. The maximum atomic E-state index is 6.19. The number of hydrogen-bond acceptors (Lipinski definition) is 3. The van der Waals surface area contributed by atoms with Gasteiger partial charge in [0.2, 0.25) is 5.89 Å². The molecule has 5 heteroatoms. The highest BCUT2D eigenvalue weighted by atomic mass is 35.5. The van der Waals surface area contributed by atoms with Crippen LogP contribution in [0.15, 0.2) is 53.1 Å². The van der Waals surface area contributed by atoms with Crippen LogP contribution in [0, 0.1) is 6.92 Å². The highest BCUT2D eigenvalue weighted by molar-refractivity contribution is 6.36. The molecule has 3 aromatic rings. The summed E-state index contributed by atoms with van der Waals surface area (Å²) in [4.78, 5) is 4.49. The normalized spacial score (nSPS) is 12.3.